The third-order valence-corrected chi connectivity index (χ3v) is 6.11. The highest BCUT2D eigenvalue weighted by atomic mass is 16.2. The van der Waals surface area contributed by atoms with Gasteiger partial charge < -0.3 is 10.2 Å². The maximum atomic E-state index is 12.9. The van der Waals surface area contributed by atoms with Crippen molar-refractivity contribution in [1.29, 1.82) is 0 Å². The van der Waals surface area contributed by atoms with E-state index in [0.29, 0.717) is 25.4 Å². The van der Waals surface area contributed by atoms with Gasteiger partial charge in [-0.3, -0.25) is 14.5 Å². The van der Waals surface area contributed by atoms with Crippen LogP contribution in [-0.2, 0) is 29.1 Å². The monoisotopic (exact) mass is 424 g/mol. The smallest absolute Gasteiger partial charge is 0.248 e. The predicted molar refractivity (Wildman–Crippen MR) is 117 cm³/mol. The lowest BCUT2D eigenvalue weighted by molar-refractivity contribution is -0.142. The lowest BCUT2D eigenvalue weighted by atomic mass is 10.00. The van der Waals surface area contributed by atoms with Crippen LogP contribution in [0.25, 0.3) is 0 Å². The highest BCUT2D eigenvalue weighted by molar-refractivity contribution is 5.87. The molecule has 1 N–H and O–H groups in total. The van der Waals surface area contributed by atoms with Gasteiger partial charge in [0.1, 0.15) is 6.04 Å². The number of benzene rings is 1. The van der Waals surface area contributed by atoms with Crippen molar-refractivity contribution in [3.05, 3.63) is 47.3 Å². The first kappa shape index (κ1) is 21.5. The molecule has 2 aliphatic heterocycles. The molecule has 0 saturated heterocycles. The summed E-state index contributed by atoms with van der Waals surface area (Å²) in [6.07, 6.45) is 4.35. The van der Waals surface area contributed by atoms with Gasteiger partial charge in [-0.2, -0.15) is 0 Å². The second kappa shape index (κ2) is 9.60. The zero-order valence-corrected chi connectivity index (χ0v) is 18.5. The van der Waals surface area contributed by atoms with Crippen LogP contribution >= 0.6 is 0 Å². The molecule has 0 fully saturated rings. The average Bonchev–Trinajstić information content (AvgIpc) is 3.22. The number of fused-ring (bicyclic) bond motifs is 2. The molecule has 1 atom stereocenters. The number of nitrogens with one attached hydrogen (secondary N) is 1. The fourth-order valence-electron chi connectivity index (χ4n) is 4.52. The second-order valence-corrected chi connectivity index (χ2v) is 9.01. The van der Waals surface area contributed by atoms with Gasteiger partial charge in [0, 0.05) is 26.2 Å². The summed E-state index contributed by atoms with van der Waals surface area (Å²) in [7, 11) is 0. The van der Waals surface area contributed by atoms with E-state index in [1.165, 1.54) is 11.1 Å². The van der Waals surface area contributed by atoms with Gasteiger partial charge in [-0.05, 0) is 36.3 Å². The highest BCUT2D eigenvalue weighted by Gasteiger charge is 2.35. The topological polar surface area (TPSA) is 83.4 Å². The van der Waals surface area contributed by atoms with E-state index in [0.717, 1.165) is 38.2 Å². The molecule has 0 bridgehead atoms. The minimum atomic E-state index is -0.374. The van der Waals surface area contributed by atoms with Gasteiger partial charge in [-0.1, -0.05) is 43.3 Å². The Hall–Kier alpha value is -2.74. The Bertz CT molecular complexity index is 924. The number of carbonyl (C=O) groups is 2. The number of carbonyl (C=O) groups excluding carboxylic acids is 2. The van der Waals surface area contributed by atoms with E-state index in [2.05, 4.69) is 58.6 Å². The van der Waals surface area contributed by atoms with E-state index in [-0.39, 0.29) is 24.4 Å². The van der Waals surface area contributed by atoms with E-state index in [4.69, 9.17) is 0 Å². The number of hydrogen-bond acceptors (Lipinski definition) is 5. The first-order valence-electron chi connectivity index (χ1n) is 11.2. The van der Waals surface area contributed by atoms with Crippen molar-refractivity contribution in [2.24, 2.45) is 5.92 Å². The van der Waals surface area contributed by atoms with Crippen LogP contribution < -0.4 is 5.32 Å². The summed E-state index contributed by atoms with van der Waals surface area (Å²) in [6.45, 7) is 8.23. The van der Waals surface area contributed by atoms with Crippen LogP contribution in [0.5, 0.6) is 0 Å². The molecule has 1 aromatic carbocycles. The Labute approximate surface area is 183 Å². The summed E-state index contributed by atoms with van der Waals surface area (Å²) in [4.78, 5) is 29.5. The van der Waals surface area contributed by atoms with Crippen molar-refractivity contribution in [1.82, 2.24) is 30.1 Å². The second-order valence-electron chi connectivity index (χ2n) is 9.01. The Morgan fingerprint density at radius 3 is 2.84 bits per heavy atom. The fourth-order valence-corrected chi connectivity index (χ4v) is 4.52. The van der Waals surface area contributed by atoms with Crippen LogP contribution in [-0.4, -0.2) is 62.8 Å². The third kappa shape index (κ3) is 5.12. The molecule has 0 saturated carbocycles. The van der Waals surface area contributed by atoms with E-state index < -0.39 is 0 Å². The molecular formula is C23H32N6O2. The maximum Gasteiger partial charge on any atom is 0.248 e. The fraction of sp³-hybridized carbons (Fsp3) is 0.565. The van der Waals surface area contributed by atoms with E-state index in [1.54, 1.807) is 15.8 Å². The molecule has 2 amide bonds. The van der Waals surface area contributed by atoms with Crippen molar-refractivity contribution < 1.29 is 9.59 Å². The Kier molecular flexibility index (Phi) is 6.65. The molecule has 1 unspecified atom stereocenters. The summed E-state index contributed by atoms with van der Waals surface area (Å²) < 4.78 is 1.72. The van der Waals surface area contributed by atoms with Gasteiger partial charge >= 0.3 is 0 Å². The zero-order chi connectivity index (χ0) is 21.8. The van der Waals surface area contributed by atoms with Crippen molar-refractivity contribution in [2.75, 3.05) is 26.2 Å². The molecule has 8 nitrogen and oxygen atoms in total. The number of amides is 2. The summed E-state index contributed by atoms with van der Waals surface area (Å²) >= 11 is 0. The predicted octanol–water partition coefficient (Wildman–Crippen LogP) is 1.77. The zero-order valence-electron chi connectivity index (χ0n) is 18.5. The molecule has 4 rings (SSSR count). The molecule has 1 aromatic heterocycles. The van der Waals surface area contributed by atoms with E-state index in [1.807, 2.05) is 0 Å². The minimum Gasteiger partial charge on any atom is -0.355 e. The van der Waals surface area contributed by atoms with Crippen LogP contribution in [0.1, 0.15) is 49.6 Å². The first-order valence-corrected chi connectivity index (χ1v) is 11.2. The molecule has 2 aromatic rings. The van der Waals surface area contributed by atoms with E-state index >= 15 is 0 Å². The molecule has 0 radical (unpaired) electrons. The summed E-state index contributed by atoms with van der Waals surface area (Å²) in [6, 6.07) is 8.24. The van der Waals surface area contributed by atoms with Gasteiger partial charge in [0.2, 0.25) is 11.8 Å². The quantitative estimate of drug-likeness (QED) is 0.653. The standard InChI is InChI=1S/C23H32N6O2/c1-17(2)12-21-23(31)28(15-20-13-25-26-29(20)21)16-22(30)24-9-5-10-27-11-8-18-6-3-4-7-19(18)14-27/h3-4,6-7,13,17,21H,5,8-12,14-16H2,1-2H3,(H,24,30). The SMILES string of the molecule is CC(C)CC1C(=O)N(CC(=O)NCCCN2CCc3ccccc3C2)Cc2cnnn21. The lowest BCUT2D eigenvalue weighted by Gasteiger charge is -2.33. The molecule has 2 aliphatic rings. The van der Waals surface area contributed by atoms with Crippen molar-refractivity contribution in [2.45, 2.75) is 52.2 Å². The van der Waals surface area contributed by atoms with Gasteiger partial charge in [-0.15, -0.1) is 5.10 Å². The van der Waals surface area contributed by atoms with E-state index in [9.17, 15) is 9.59 Å². The first-order chi connectivity index (χ1) is 15.0. The maximum absolute atomic E-state index is 12.9. The Balaban J connectivity index is 1.22. The Morgan fingerprint density at radius 2 is 2.03 bits per heavy atom. The van der Waals surface area contributed by atoms with Crippen molar-refractivity contribution in [3.63, 3.8) is 0 Å². The number of aromatic nitrogens is 3. The molecule has 0 spiro atoms. The highest BCUT2D eigenvalue weighted by Crippen LogP contribution is 2.26. The largest absolute Gasteiger partial charge is 0.355 e. The van der Waals surface area contributed by atoms with Crippen LogP contribution in [0.3, 0.4) is 0 Å². The van der Waals surface area contributed by atoms with Crippen molar-refractivity contribution in [3.8, 4) is 0 Å². The molecule has 3 heterocycles. The summed E-state index contributed by atoms with van der Waals surface area (Å²) in [5.74, 6) is 0.192. The molecular weight excluding hydrogens is 392 g/mol. The van der Waals surface area contributed by atoms with Gasteiger partial charge in [0.25, 0.3) is 0 Å². The molecule has 0 aliphatic carbocycles. The van der Waals surface area contributed by atoms with Gasteiger partial charge in [0.05, 0.1) is 25.0 Å². The Morgan fingerprint density at radius 1 is 1.23 bits per heavy atom. The average molecular weight is 425 g/mol. The van der Waals surface area contributed by atoms with Gasteiger partial charge in [-0.25, -0.2) is 4.68 Å². The molecule has 166 valence electrons. The lowest BCUT2D eigenvalue weighted by Crippen LogP contribution is -2.47. The van der Waals surface area contributed by atoms with Crippen LogP contribution in [0.15, 0.2) is 30.5 Å². The van der Waals surface area contributed by atoms with Gasteiger partial charge in [0.15, 0.2) is 0 Å². The van der Waals surface area contributed by atoms with Crippen LogP contribution in [0, 0.1) is 5.92 Å². The molecule has 31 heavy (non-hydrogen) atoms. The third-order valence-electron chi connectivity index (χ3n) is 6.11. The summed E-state index contributed by atoms with van der Waals surface area (Å²) in [5.41, 5.74) is 3.74. The minimum absolute atomic E-state index is 0.0474. The number of nitrogens with zero attached hydrogens (tertiary/aromatic N) is 5. The summed E-state index contributed by atoms with van der Waals surface area (Å²) in [5, 5.41) is 11.0. The van der Waals surface area contributed by atoms with Crippen LogP contribution in [0.2, 0.25) is 0 Å². The van der Waals surface area contributed by atoms with Crippen molar-refractivity contribution >= 4 is 11.8 Å². The normalized spacial score (nSPS) is 18.7. The number of rotatable bonds is 8. The molecule has 8 heteroatoms. The number of hydrogen-bond donors (Lipinski definition) is 1. The van der Waals surface area contributed by atoms with Crippen LogP contribution in [0.4, 0.5) is 0 Å².